The summed E-state index contributed by atoms with van der Waals surface area (Å²) in [4.78, 5) is 7.49. The number of aromatic amines is 1. The van der Waals surface area contributed by atoms with Gasteiger partial charge in [0.15, 0.2) is 0 Å². The first-order valence-corrected chi connectivity index (χ1v) is 9.57. The minimum atomic E-state index is -3.67. The maximum absolute atomic E-state index is 11.4. The van der Waals surface area contributed by atoms with Gasteiger partial charge < -0.3 is 4.98 Å². The number of sulfonamides is 1. The molecule has 0 radical (unpaired) electrons. The van der Waals surface area contributed by atoms with Crippen LogP contribution >= 0.6 is 0 Å². The Balaban J connectivity index is 1.98. The van der Waals surface area contributed by atoms with Crippen LogP contribution in [0.5, 0.6) is 0 Å². The number of aryl methyl sites for hydroxylation is 1. The lowest BCUT2D eigenvalue weighted by Gasteiger charge is -2.20. The average molecular weight is 355 g/mol. The van der Waals surface area contributed by atoms with Gasteiger partial charge in [-0.2, -0.15) is 0 Å². The van der Waals surface area contributed by atoms with Crippen molar-refractivity contribution < 1.29 is 8.42 Å². The Morgan fingerprint density at radius 3 is 2.44 bits per heavy atom. The van der Waals surface area contributed by atoms with Crippen LogP contribution in [-0.2, 0) is 16.4 Å². The lowest BCUT2D eigenvalue weighted by molar-refractivity contribution is 0.597. The SMILES string of the molecule is Cc1cccc(C(Cc2ccc(S(N)(=O)=O)cc2)c2cnc[nH]2)c1C. The van der Waals surface area contributed by atoms with Crippen LogP contribution in [-0.4, -0.2) is 18.4 Å². The maximum Gasteiger partial charge on any atom is 0.238 e. The number of aromatic nitrogens is 2. The molecule has 5 nitrogen and oxygen atoms in total. The van der Waals surface area contributed by atoms with Crippen LogP contribution in [0.4, 0.5) is 0 Å². The third-order valence-electron chi connectivity index (χ3n) is 4.61. The third kappa shape index (κ3) is 3.81. The van der Waals surface area contributed by atoms with Gasteiger partial charge in [0.1, 0.15) is 0 Å². The quantitative estimate of drug-likeness (QED) is 0.737. The number of imidazole rings is 1. The maximum atomic E-state index is 11.4. The number of nitrogens with one attached hydrogen (secondary N) is 1. The molecule has 3 rings (SSSR count). The zero-order valence-corrected chi connectivity index (χ0v) is 15.0. The molecule has 1 heterocycles. The summed E-state index contributed by atoms with van der Waals surface area (Å²) in [5, 5.41) is 5.17. The van der Waals surface area contributed by atoms with Crippen molar-refractivity contribution in [1.29, 1.82) is 0 Å². The highest BCUT2D eigenvalue weighted by Crippen LogP contribution is 2.30. The normalized spacial score (nSPS) is 12.9. The van der Waals surface area contributed by atoms with Gasteiger partial charge in [-0.15, -0.1) is 0 Å². The largest absolute Gasteiger partial charge is 0.348 e. The van der Waals surface area contributed by atoms with Crippen molar-refractivity contribution in [2.75, 3.05) is 0 Å². The lowest BCUT2D eigenvalue weighted by Crippen LogP contribution is -2.12. The van der Waals surface area contributed by atoms with Crippen LogP contribution in [0.15, 0.2) is 59.9 Å². The summed E-state index contributed by atoms with van der Waals surface area (Å²) in [6, 6.07) is 13.0. The molecule has 1 aromatic heterocycles. The third-order valence-corrected chi connectivity index (χ3v) is 5.54. The molecule has 0 saturated heterocycles. The first kappa shape index (κ1) is 17.4. The van der Waals surface area contributed by atoms with Crippen LogP contribution in [0.1, 0.15) is 33.9 Å². The number of hydrogen-bond acceptors (Lipinski definition) is 3. The Labute approximate surface area is 148 Å². The molecule has 3 N–H and O–H groups in total. The van der Waals surface area contributed by atoms with Crippen molar-refractivity contribution >= 4 is 10.0 Å². The standard InChI is InChI=1S/C19H21N3O2S/c1-13-4-3-5-17(14(13)2)18(19-11-21-12-22-19)10-15-6-8-16(9-7-15)25(20,23)24/h3-9,11-12,18H,10H2,1-2H3,(H,21,22)(H2,20,23,24). The highest BCUT2D eigenvalue weighted by Gasteiger charge is 2.19. The number of H-pyrrole nitrogens is 1. The number of hydrogen-bond donors (Lipinski definition) is 2. The van der Waals surface area contributed by atoms with E-state index in [9.17, 15) is 8.42 Å². The monoisotopic (exact) mass is 355 g/mol. The van der Waals surface area contributed by atoms with Crippen molar-refractivity contribution in [3.63, 3.8) is 0 Å². The van der Waals surface area contributed by atoms with Gasteiger partial charge in [0.05, 0.1) is 11.2 Å². The highest BCUT2D eigenvalue weighted by atomic mass is 32.2. The topological polar surface area (TPSA) is 88.8 Å². The zero-order valence-electron chi connectivity index (χ0n) is 14.2. The summed E-state index contributed by atoms with van der Waals surface area (Å²) >= 11 is 0. The van der Waals surface area contributed by atoms with Gasteiger partial charge in [0.25, 0.3) is 0 Å². The van der Waals surface area contributed by atoms with Gasteiger partial charge in [0.2, 0.25) is 10.0 Å². The van der Waals surface area contributed by atoms with Crippen LogP contribution < -0.4 is 5.14 Å². The average Bonchev–Trinajstić information content (AvgIpc) is 3.09. The molecular weight excluding hydrogens is 334 g/mol. The Morgan fingerprint density at radius 2 is 1.84 bits per heavy atom. The summed E-state index contributed by atoms with van der Waals surface area (Å²) in [7, 11) is -3.67. The first-order valence-electron chi connectivity index (χ1n) is 8.02. The number of benzene rings is 2. The molecular formula is C19H21N3O2S. The predicted octanol–water partition coefficient (Wildman–Crippen LogP) is 3.05. The molecule has 0 aliphatic rings. The summed E-state index contributed by atoms with van der Waals surface area (Å²) in [6.45, 7) is 4.22. The van der Waals surface area contributed by atoms with Gasteiger partial charge in [-0.3, -0.25) is 0 Å². The molecule has 1 atom stereocenters. The minimum Gasteiger partial charge on any atom is -0.348 e. The molecule has 130 valence electrons. The Bertz CT molecular complexity index is 962. The lowest BCUT2D eigenvalue weighted by atomic mass is 9.86. The molecule has 0 bridgehead atoms. The Kier molecular flexibility index (Phi) is 4.74. The smallest absolute Gasteiger partial charge is 0.238 e. The van der Waals surface area contributed by atoms with E-state index in [4.69, 9.17) is 5.14 Å². The van der Waals surface area contributed by atoms with E-state index >= 15 is 0 Å². The van der Waals surface area contributed by atoms with Gasteiger partial charge in [-0.25, -0.2) is 18.5 Å². The summed E-state index contributed by atoms with van der Waals surface area (Å²) in [6.07, 6.45) is 4.25. The summed E-state index contributed by atoms with van der Waals surface area (Å²) in [5.74, 6) is 0.114. The molecule has 3 aromatic rings. The number of rotatable bonds is 5. The summed E-state index contributed by atoms with van der Waals surface area (Å²) < 4.78 is 22.8. The fraction of sp³-hybridized carbons (Fsp3) is 0.211. The van der Waals surface area contributed by atoms with Gasteiger partial charge in [0, 0.05) is 17.8 Å². The van der Waals surface area contributed by atoms with Crippen molar-refractivity contribution in [3.8, 4) is 0 Å². The first-order chi connectivity index (χ1) is 11.9. The van der Waals surface area contributed by atoms with Crippen molar-refractivity contribution in [1.82, 2.24) is 9.97 Å². The molecule has 0 saturated carbocycles. The second-order valence-corrected chi connectivity index (χ2v) is 7.80. The molecule has 0 spiro atoms. The van der Waals surface area contributed by atoms with Crippen LogP contribution in [0.3, 0.4) is 0 Å². The van der Waals surface area contributed by atoms with Crippen molar-refractivity contribution in [3.05, 3.63) is 82.9 Å². The molecule has 2 aromatic carbocycles. The minimum absolute atomic E-state index is 0.114. The zero-order chi connectivity index (χ0) is 18.0. The highest BCUT2D eigenvalue weighted by molar-refractivity contribution is 7.89. The van der Waals surface area contributed by atoms with Crippen LogP contribution in [0.25, 0.3) is 0 Å². The molecule has 6 heteroatoms. The van der Waals surface area contributed by atoms with Gasteiger partial charge in [-0.05, 0) is 54.7 Å². The van der Waals surface area contributed by atoms with E-state index in [-0.39, 0.29) is 10.8 Å². The van der Waals surface area contributed by atoms with E-state index in [1.165, 1.54) is 16.7 Å². The number of nitrogens with two attached hydrogens (primary N) is 1. The van der Waals surface area contributed by atoms with E-state index in [1.54, 1.807) is 18.5 Å². The molecule has 0 aliphatic heterocycles. The molecule has 0 fully saturated rings. The molecule has 0 amide bonds. The molecule has 0 aliphatic carbocycles. The van der Waals surface area contributed by atoms with Crippen molar-refractivity contribution in [2.24, 2.45) is 5.14 Å². The van der Waals surface area contributed by atoms with Crippen LogP contribution in [0, 0.1) is 13.8 Å². The number of primary sulfonamides is 1. The Morgan fingerprint density at radius 1 is 1.12 bits per heavy atom. The second-order valence-electron chi connectivity index (χ2n) is 6.24. The second kappa shape index (κ2) is 6.82. The van der Waals surface area contributed by atoms with E-state index in [1.807, 2.05) is 18.3 Å². The van der Waals surface area contributed by atoms with E-state index < -0.39 is 10.0 Å². The van der Waals surface area contributed by atoms with E-state index in [0.717, 1.165) is 17.7 Å². The summed E-state index contributed by atoms with van der Waals surface area (Å²) in [5.41, 5.74) is 5.80. The van der Waals surface area contributed by atoms with Crippen LogP contribution in [0.2, 0.25) is 0 Å². The molecule has 1 unspecified atom stereocenters. The Hall–Kier alpha value is -2.44. The van der Waals surface area contributed by atoms with E-state index in [0.29, 0.717) is 0 Å². The number of nitrogens with zero attached hydrogens (tertiary/aromatic N) is 1. The van der Waals surface area contributed by atoms with Crippen molar-refractivity contribution in [2.45, 2.75) is 31.1 Å². The fourth-order valence-electron chi connectivity index (χ4n) is 3.05. The predicted molar refractivity (Wildman–Crippen MR) is 97.9 cm³/mol. The van der Waals surface area contributed by atoms with Gasteiger partial charge in [-0.1, -0.05) is 30.3 Å². The van der Waals surface area contributed by atoms with Gasteiger partial charge >= 0.3 is 0 Å². The molecule has 25 heavy (non-hydrogen) atoms. The fourth-order valence-corrected chi connectivity index (χ4v) is 3.56. The van der Waals surface area contributed by atoms with E-state index in [2.05, 4.69) is 42.0 Å².